The molecule has 1 fully saturated rings. The molecule has 0 spiro atoms. The molecule has 0 saturated carbocycles. The second-order valence-electron chi connectivity index (χ2n) is 26.7. The fourth-order valence-corrected chi connectivity index (χ4v) is 10.7. The van der Waals surface area contributed by atoms with Gasteiger partial charge in [0.2, 0.25) is 65.0 Å². The fourth-order valence-electron chi connectivity index (χ4n) is 10.7. The van der Waals surface area contributed by atoms with E-state index in [1.165, 1.54) is 104 Å². The van der Waals surface area contributed by atoms with Crippen LogP contribution in [0.25, 0.3) is 0 Å². The van der Waals surface area contributed by atoms with Crippen LogP contribution < -0.4 is 21.3 Å². The maximum atomic E-state index is 15.1. The third kappa shape index (κ3) is 22.4. The van der Waals surface area contributed by atoms with Crippen molar-refractivity contribution in [3.63, 3.8) is 0 Å². The number of likely N-dealkylation sites (N-methyl/N-ethyl adjacent to an activating group) is 7. The summed E-state index contributed by atoms with van der Waals surface area (Å²) < 4.78 is 0. The normalized spacial score (nSPS) is 27.1. The van der Waals surface area contributed by atoms with Gasteiger partial charge in [0.15, 0.2) is 0 Å². The Morgan fingerprint density at radius 1 is 0.483 bits per heavy atom. The van der Waals surface area contributed by atoms with Crippen LogP contribution in [0, 0.1) is 35.5 Å². The van der Waals surface area contributed by atoms with E-state index in [1.54, 1.807) is 53.7 Å². The lowest BCUT2D eigenvalue weighted by atomic mass is 9.91. The number of aliphatic hydroxyl groups excluding tert-OH is 2. The third-order valence-corrected chi connectivity index (χ3v) is 16.1. The minimum absolute atomic E-state index is 0.108. The van der Waals surface area contributed by atoms with Crippen molar-refractivity contribution < 1.29 is 68.1 Å². The molecular formula is C62H111N11O14. The zero-order valence-electron chi connectivity index (χ0n) is 56.8. The molecule has 25 nitrogen and oxygen atoms in total. The number of aliphatic hydroxyl groups is 3. The molecule has 13 atom stereocenters. The van der Waals surface area contributed by atoms with E-state index in [0.29, 0.717) is 0 Å². The van der Waals surface area contributed by atoms with Gasteiger partial charge in [-0.3, -0.25) is 52.7 Å². The average molecular weight is 1230 g/mol. The highest BCUT2D eigenvalue weighted by Crippen LogP contribution is 2.26. The van der Waals surface area contributed by atoms with Gasteiger partial charge in [0.25, 0.3) is 0 Å². The first-order chi connectivity index (χ1) is 39.9. The van der Waals surface area contributed by atoms with Gasteiger partial charge in [-0.1, -0.05) is 88.3 Å². The molecule has 0 aliphatic carbocycles. The van der Waals surface area contributed by atoms with E-state index in [9.17, 15) is 58.5 Å². The smallest absolute Gasteiger partial charge is 0.248 e. The van der Waals surface area contributed by atoms with Gasteiger partial charge in [0.1, 0.15) is 60.4 Å². The summed E-state index contributed by atoms with van der Waals surface area (Å²) in [4.78, 5) is 168. The van der Waals surface area contributed by atoms with E-state index in [2.05, 4.69) is 21.3 Å². The standard InChI is InChI=1S/C62H111N11O14/c1-25-26-27-38(12)51(76)50-55(80)66-48(41(15)74)59(84)67(18)32-46(75)68(19)45(31-62(16,17)87)54(79)65-47(36(8)9)60(85)69(20)42(28-33(2)3)53(78)63-39(13)52(77)64-40(14)56(81)70(21)43(29-34(4)5)57(82)71(22)44(30-35(6)7)58(83)72(23)49(37(10)11)61(86)73(50)24/h25-26,33-45,47-51,74,76,87H,27-32H2,1-24H3,(H,63,78)(H,64,77)(H,65,79)(H,66,80)/b26-25+/t38?,39-,40-,41+,42-,43-,44-,45-,47-,48-,49-,50+,51?/m0/s1. The molecule has 0 aromatic rings. The van der Waals surface area contributed by atoms with Crippen LogP contribution in [0.3, 0.4) is 0 Å². The lowest BCUT2D eigenvalue weighted by molar-refractivity contribution is -0.157. The Kier molecular flexibility index (Phi) is 31.3. The molecule has 11 amide bonds. The molecule has 0 aromatic heterocycles. The molecular weight excluding hydrogens is 1120 g/mol. The van der Waals surface area contributed by atoms with Crippen molar-refractivity contribution in [3.8, 4) is 0 Å². The summed E-state index contributed by atoms with van der Waals surface area (Å²) >= 11 is 0. The zero-order valence-corrected chi connectivity index (χ0v) is 56.8. The van der Waals surface area contributed by atoms with Gasteiger partial charge in [-0.05, 0) is 103 Å². The quantitative estimate of drug-likeness (QED) is 0.114. The van der Waals surface area contributed by atoms with E-state index in [1.807, 2.05) is 41.5 Å². The minimum atomic E-state index is -1.79. The summed E-state index contributed by atoms with van der Waals surface area (Å²) in [7, 11) is 9.38. The van der Waals surface area contributed by atoms with Gasteiger partial charge in [-0.2, -0.15) is 0 Å². The van der Waals surface area contributed by atoms with Crippen molar-refractivity contribution in [2.45, 2.75) is 228 Å². The van der Waals surface area contributed by atoms with E-state index < -0.39 is 168 Å². The first-order valence-electron chi connectivity index (χ1n) is 30.6. The van der Waals surface area contributed by atoms with Crippen molar-refractivity contribution in [2.75, 3.05) is 55.9 Å². The van der Waals surface area contributed by atoms with Crippen molar-refractivity contribution in [1.82, 2.24) is 55.6 Å². The number of nitrogens with zero attached hydrogens (tertiary/aromatic N) is 7. The van der Waals surface area contributed by atoms with E-state index in [0.717, 1.165) is 14.7 Å². The van der Waals surface area contributed by atoms with Gasteiger partial charge in [0.05, 0.1) is 24.4 Å². The van der Waals surface area contributed by atoms with Crippen LogP contribution in [-0.2, 0) is 52.7 Å². The number of amides is 11. The predicted octanol–water partition coefficient (Wildman–Crippen LogP) is 1.35. The molecule has 0 radical (unpaired) electrons. The summed E-state index contributed by atoms with van der Waals surface area (Å²) in [5.41, 5.74) is -1.59. The topological polar surface area (TPSA) is 319 Å². The molecule has 1 aliphatic rings. The lowest BCUT2D eigenvalue weighted by Crippen LogP contribution is -2.64. The van der Waals surface area contributed by atoms with Gasteiger partial charge in [-0.25, -0.2) is 0 Å². The number of nitrogens with one attached hydrogen (secondary N) is 4. The molecule has 1 rings (SSSR count). The van der Waals surface area contributed by atoms with E-state index in [-0.39, 0.29) is 49.9 Å². The highest BCUT2D eigenvalue weighted by molar-refractivity contribution is 5.99. The molecule has 87 heavy (non-hydrogen) atoms. The highest BCUT2D eigenvalue weighted by atomic mass is 16.3. The van der Waals surface area contributed by atoms with E-state index >= 15 is 9.59 Å². The molecule has 7 N–H and O–H groups in total. The maximum absolute atomic E-state index is 15.1. The molecule has 498 valence electrons. The Morgan fingerprint density at radius 3 is 1.36 bits per heavy atom. The molecule has 1 saturated heterocycles. The monoisotopic (exact) mass is 1230 g/mol. The van der Waals surface area contributed by atoms with Crippen molar-refractivity contribution >= 4 is 65.0 Å². The van der Waals surface area contributed by atoms with Gasteiger partial charge >= 0.3 is 0 Å². The van der Waals surface area contributed by atoms with Gasteiger partial charge < -0.3 is 70.9 Å². The zero-order chi connectivity index (χ0) is 67.8. The SMILES string of the molecule is C/C=C/CC(C)C(O)[C@@H]1C(=O)N[C@@H]([C@@H](C)O)C(=O)N(C)CC(=O)N(C)[C@@H](CC(C)(C)O)C(=O)N[C@@H](C(C)C)C(=O)N(C)[C@@H](CC(C)C)C(=O)N[C@@H](C)C(=O)N[C@@H](C)C(=O)N(C)[C@@H](CC(C)C)C(=O)N(C)[C@@H](CC(C)C)C(=O)N(C)[C@@H](C(C)C)C(=O)N1C. The maximum Gasteiger partial charge on any atom is 0.248 e. The number of hydrogen-bond acceptors (Lipinski definition) is 14. The molecule has 2 unspecified atom stereocenters. The predicted molar refractivity (Wildman–Crippen MR) is 331 cm³/mol. The summed E-state index contributed by atoms with van der Waals surface area (Å²) in [5, 5.41) is 44.9. The number of allylic oxidation sites excluding steroid dienone is 2. The Bertz CT molecular complexity index is 2410. The largest absolute Gasteiger partial charge is 0.391 e. The number of rotatable bonds is 15. The molecule has 25 heteroatoms. The second kappa shape index (κ2) is 34.5. The number of carbonyl (C=O) groups is 11. The second-order valence-corrected chi connectivity index (χ2v) is 26.7. The van der Waals surface area contributed by atoms with Gasteiger partial charge in [0, 0.05) is 55.8 Å². The van der Waals surface area contributed by atoms with Crippen LogP contribution in [0.5, 0.6) is 0 Å². The Labute approximate surface area is 518 Å². The first kappa shape index (κ1) is 78.8. The summed E-state index contributed by atoms with van der Waals surface area (Å²) in [6.07, 6.45) is 0.463. The Hall–Kier alpha value is -6.21. The van der Waals surface area contributed by atoms with Crippen LogP contribution in [0.4, 0.5) is 0 Å². The van der Waals surface area contributed by atoms with Crippen LogP contribution in [0.15, 0.2) is 12.2 Å². The third-order valence-electron chi connectivity index (χ3n) is 16.1. The molecule has 0 bridgehead atoms. The van der Waals surface area contributed by atoms with Crippen LogP contribution in [0.2, 0.25) is 0 Å². The summed E-state index contributed by atoms with van der Waals surface area (Å²) in [5.74, 6) is -11.2. The van der Waals surface area contributed by atoms with Crippen LogP contribution >= 0.6 is 0 Å². The minimum Gasteiger partial charge on any atom is -0.391 e. The fraction of sp³-hybridized carbons (Fsp3) is 0.790. The first-order valence-corrected chi connectivity index (χ1v) is 30.6. The van der Waals surface area contributed by atoms with Crippen molar-refractivity contribution in [1.29, 1.82) is 0 Å². The van der Waals surface area contributed by atoms with Crippen LogP contribution in [-0.4, -0.2) is 249 Å². The molecule has 1 heterocycles. The highest BCUT2D eigenvalue weighted by Gasteiger charge is 2.46. The van der Waals surface area contributed by atoms with E-state index in [4.69, 9.17) is 0 Å². The summed E-state index contributed by atoms with van der Waals surface area (Å²) in [6.45, 7) is 27.3. The number of hydrogen-bond donors (Lipinski definition) is 7. The lowest BCUT2D eigenvalue weighted by Gasteiger charge is -2.41. The van der Waals surface area contributed by atoms with Gasteiger partial charge in [-0.15, -0.1) is 0 Å². The average Bonchev–Trinajstić information content (AvgIpc) is 1.46. The Balaban J connectivity index is 4.40. The Morgan fingerprint density at radius 2 is 0.908 bits per heavy atom. The van der Waals surface area contributed by atoms with Crippen molar-refractivity contribution in [2.24, 2.45) is 35.5 Å². The van der Waals surface area contributed by atoms with Crippen molar-refractivity contribution in [3.05, 3.63) is 12.2 Å². The van der Waals surface area contributed by atoms with Crippen LogP contribution in [0.1, 0.15) is 150 Å². The summed E-state index contributed by atoms with van der Waals surface area (Å²) in [6, 6.07) is -13.7. The molecule has 0 aromatic carbocycles. The molecule has 1 aliphatic heterocycles. The number of carbonyl (C=O) groups excluding carboxylic acids is 11.